The Balaban J connectivity index is 1.94. The topological polar surface area (TPSA) is 74.7 Å². The van der Waals surface area contributed by atoms with Gasteiger partial charge in [-0.25, -0.2) is 0 Å². The summed E-state index contributed by atoms with van der Waals surface area (Å²) in [5.41, 5.74) is 1.98. The van der Waals surface area contributed by atoms with Gasteiger partial charge in [0, 0.05) is 21.7 Å². The van der Waals surface area contributed by atoms with Gasteiger partial charge in [-0.1, -0.05) is 53.1 Å². The average Bonchev–Trinajstić information content (AvgIpc) is 2.95. The molecule has 0 saturated carbocycles. The minimum Gasteiger partial charge on any atom is -0.507 e. The van der Waals surface area contributed by atoms with Crippen molar-refractivity contribution in [2.45, 2.75) is 52.4 Å². The number of aromatic hydroxyl groups is 1. The molecule has 0 atom stereocenters. The molecule has 2 aromatic carbocycles. The number of thioether (sulfide) groups is 1. The van der Waals surface area contributed by atoms with E-state index >= 15 is 0 Å². The molecule has 33 heavy (non-hydrogen) atoms. The molecule has 7 heteroatoms. The van der Waals surface area contributed by atoms with Gasteiger partial charge >= 0.3 is 0 Å². The summed E-state index contributed by atoms with van der Waals surface area (Å²) in [7, 11) is 0. The number of benzene rings is 2. The number of ketones is 1. The molecule has 1 aliphatic heterocycles. The van der Waals surface area contributed by atoms with Crippen LogP contribution in [-0.4, -0.2) is 33.5 Å². The predicted molar refractivity (Wildman–Crippen MR) is 134 cm³/mol. The second-order valence-electron chi connectivity index (χ2n) is 10.2. The molecule has 2 amide bonds. The number of phenolic OH excluding ortho intramolecular Hbond substituents is 1. The van der Waals surface area contributed by atoms with E-state index in [1.54, 1.807) is 30.3 Å². The number of Topliss-reactive ketones (excluding diaryl/α,β-unsaturated/α-hetero) is 1. The van der Waals surface area contributed by atoms with E-state index in [0.29, 0.717) is 10.6 Å². The smallest absolute Gasteiger partial charge is 0.293 e. The van der Waals surface area contributed by atoms with Crippen molar-refractivity contribution in [1.82, 2.24) is 4.90 Å². The van der Waals surface area contributed by atoms with Crippen LogP contribution < -0.4 is 0 Å². The van der Waals surface area contributed by atoms with Crippen molar-refractivity contribution < 1.29 is 19.5 Å². The fraction of sp³-hybridized carbons (Fsp3) is 0.346. The van der Waals surface area contributed by atoms with E-state index in [0.717, 1.165) is 33.4 Å². The molecule has 0 aliphatic carbocycles. The number of phenols is 1. The Labute approximate surface area is 203 Å². The molecule has 0 radical (unpaired) electrons. The maximum Gasteiger partial charge on any atom is 0.293 e. The second-order valence-corrected chi connectivity index (χ2v) is 11.6. The van der Waals surface area contributed by atoms with Crippen molar-refractivity contribution in [3.8, 4) is 5.75 Å². The van der Waals surface area contributed by atoms with Gasteiger partial charge in [-0.2, -0.15) is 0 Å². The van der Waals surface area contributed by atoms with Crippen LogP contribution >= 0.6 is 23.4 Å². The standard InChI is InChI=1S/C26H28ClNO4S/c1-25(2,3)18-11-15(12-19(22(18)30)26(4,5)6)13-21-23(31)28(24(32)33-21)14-20(29)16-7-9-17(27)10-8-16/h7-13,30H,14H2,1-6H3/b21-13+. The third-order valence-corrected chi connectivity index (χ3v) is 6.55. The fourth-order valence-electron chi connectivity index (χ4n) is 3.54. The summed E-state index contributed by atoms with van der Waals surface area (Å²) in [5, 5.41) is 10.9. The van der Waals surface area contributed by atoms with E-state index in [-0.39, 0.29) is 33.8 Å². The molecule has 0 spiro atoms. The number of carbonyl (C=O) groups is 3. The molecule has 1 aliphatic rings. The summed E-state index contributed by atoms with van der Waals surface area (Å²) >= 11 is 6.67. The highest BCUT2D eigenvalue weighted by atomic mass is 35.5. The van der Waals surface area contributed by atoms with Gasteiger partial charge in [0.05, 0.1) is 11.4 Å². The van der Waals surface area contributed by atoms with E-state index in [4.69, 9.17) is 11.6 Å². The molecular weight excluding hydrogens is 458 g/mol. The molecule has 174 valence electrons. The molecular formula is C26H28ClNO4S. The summed E-state index contributed by atoms with van der Waals surface area (Å²) in [6, 6.07) is 10.0. The van der Waals surface area contributed by atoms with Gasteiger partial charge in [-0.15, -0.1) is 0 Å². The predicted octanol–water partition coefficient (Wildman–Crippen LogP) is 6.56. The van der Waals surface area contributed by atoms with Crippen molar-refractivity contribution in [2.75, 3.05) is 6.54 Å². The lowest BCUT2D eigenvalue weighted by Gasteiger charge is -2.28. The number of hydrogen-bond donors (Lipinski definition) is 1. The molecule has 5 nitrogen and oxygen atoms in total. The monoisotopic (exact) mass is 485 g/mol. The molecule has 1 fully saturated rings. The summed E-state index contributed by atoms with van der Waals surface area (Å²) < 4.78 is 0. The molecule has 2 aromatic rings. The molecule has 1 heterocycles. The number of nitrogens with zero attached hydrogens (tertiary/aromatic N) is 1. The Kier molecular flexibility index (Phi) is 6.83. The van der Waals surface area contributed by atoms with Gasteiger partial charge in [0.25, 0.3) is 11.1 Å². The average molecular weight is 486 g/mol. The fourth-order valence-corrected chi connectivity index (χ4v) is 4.51. The number of rotatable bonds is 4. The van der Waals surface area contributed by atoms with E-state index in [1.807, 2.05) is 53.7 Å². The Morgan fingerprint density at radius 2 is 1.52 bits per heavy atom. The van der Waals surface area contributed by atoms with Gasteiger partial charge in [-0.3, -0.25) is 19.3 Å². The summed E-state index contributed by atoms with van der Waals surface area (Å²) in [4.78, 5) is 39.3. The van der Waals surface area contributed by atoms with Crippen LogP contribution in [0.4, 0.5) is 4.79 Å². The molecule has 1 N–H and O–H groups in total. The van der Waals surface area contributed by atoms with Crippen LogP contribution in [0.1, 0.15) is 68.6 Å². The number of halogens is 1. The maximum absolute atomic E-state index is 13.0. The SMILES string of the molecule is CC(C)(C)c1cc(/C=C2/SC(=O)N(CC(=O)c3ccc(Cl)cc3)C2=O)cc(C(C)(C)C)c1O. The van der Waals surface area contributed by atoms with E-state index in [9.17, 15) is 19.5 Å². The second kappa shape index (κ2) is 8.99. The number of amides is 2. The molecule has 0 unspecified atom stereocenters. The van der Waals surface area contributed by atoms with Crippen molar-refractivity contribution in [2.24, 2.45) is 0 Å². The summed E-state index contributed by atoms with van der Waals surface area (Å²) in [6.45, 7) is 11.7. The first-order chi connectivity index (χ1) is 15.2. The van der Waals surface area contributed by atoms with Crippen LogP contribution in [0.3, 0.4) is 0 Å². The van der Waals surface area contributed by atoms with Crippen LogP contribution in [0.2, 0.25) is 5.02 Å². The lowest BCUT2D eigenvalue weighted by Crippen LogP contribution is -2.33. The van der Waals surface area contributed by atoms with Crippen LogP contribution in [-0.2, 0) is 15.6 Å². The summed E-state index contributed by atoms with van der Waals surface area (Å²) in [5.74, 6) is -0.603. The van der Waals surface area contributed by atoms with Gasteiger partial charge in [0.2, 0.25) is 0 Å². The normalized spacial score (nSPS) is 16.1. The quantitative estimate of drug-likeness (QED) is 0.392. The summed E-state index contributed by atoms with van der Waals surface area (Å²) in [6.07, 6.45) is 1.65. The van der Waals surface area contributed by atoms with Crippen molar-refractivity contribution in [3.63, 3.8) is 0 Å². The van der Waals surface area contributed by atoms with Gasteiger partial charge in [0.1, 0.15) is 5.75 Å². The minimum absolute atomic E-state index is 0.244. The Morgan fingerprint density at radius 1 is 1.00 bits per heavy atom. The Morgan fingerprint density at radius 3 is 2.00 bits per heavy atom. The minimum atomic E-state index is -0.505. The van der Waals surface area contributed by atoms with Gasteiger partial charge < -0.3 is 5.11 Å². The highest BCUT2D eigenvalue weighted by molar-refractivity contribution is 8.18. The number of carbonyl (C=O) groups excluding carboxylic acids is 3. The molecule has 1 saturated heterocycles. The van der Waals surface area contributed by atoms with Crippen LogP contribution in [0.5, 0.6) is 5.75 Å². The largest absolute Gasteiger partial charge is 0.507 e. The van der Waals surface area contributed by atoms with Crippen molar-refractivity contribution >= 4 is 46.4 Å². The zero-order valence-corrected chi connectivity index (χ0v) is 21.2. The molecule has 0 aromatic heterocycles. The zero-order chi connectivity index (χ0) is 24.7. The van der Waals surface area contributed by atoms with E-state index < -0.39 is 11.1 Å². The van der Waals surface area contributed by atoms with Gasteiger partial charge in [0.15, 0.2) is 5.78 Å². The third kappa shape index (κ3) is 5.50. The lowest BCUT2D eigenvalue weighted by molar-refractivity contribution is -0.122. The maximum atomic E-state index is 13.0. The number of imide groups is 1. The first kappa shape index (κ1) is 25.1. The first-order valence-corrected chi connectivity index (χ1v) is 11.8. The molecule has 0 bridgehead atoms. The van der Waals surface area contributed by atoms with Crippen molar-refractivity contribution in [3.05, 3.63) is 68.6 Å². The van der Waals surface area contributed by atoms with Crippen molar-refractivity contribution in [1.29, 1.82) is 0 Å². The first-order valence-electron chi connectivity index (χ1n) is 10.6. The van der Waals surface area contributed by atoms with E-state index in [2.05, 4.69) is 0 Å². The van der Waals surface area contributed by atoms with Crippen LogP contribution in [0.15, 0.2) is 41.3 Å². The Bertz CT molecular complexity index is 1120. The third-order valence-electron chi connectivity index (χ3n) is 5.39. The number of hydrogen-bond acceptors (Lipinski definition) is 5. The molecule has 3 rings (SSSR count). The highest BCUT2D eigenvalue weighted by Gasteiger charge is 2.36. The van der Waals surface area contributed by atoms with Crippen LogP contribution in [0, 0.1) is 0 Å². The highest BCUT2D eigenvalue weighted by Crippen LogP contribution is 2.41. The zero-order valence-electron chi connectivity index (χ0n) is 19.7. The van der Waals surface area contributed by atoms with Crippen LogP contribution in [0.25, 0.3) is 6.08 Å². The Hall–Kier alpha value is -2.57. The lowest BCUT2D eigenvalue weighted by atomic mass is 9.78. The van der Waals surface area contributed by atoms with Gasteiger partial charge in [-0.05, 0) is 70.6 Å². The van der Waals surface area contributed by atoms with E-state index in [1.165, 1.54) is 0 Å².